The summed E-state index contributed by atoms with van der Waals surface area (Å²) in [6, 6.07) is 0.136. The quantitative estimate of drug-likeness (QED) is 0.816. The van der Waals surface area contributed by atoms with Gasteiger partial charge in [0.1, 0.15) is 5.60 Å². The molecule has 0 radical (unpaired) electrons. The largest absolute Gasteiger partial charge is 0.444 e. The first kappa shape index (κ1) is 16.2. The number of hydrogen-bond acceptors (Lipinski definition) is 4. The molecule has 1 heterocycles. The zero-order valence-electron chi connectivity index (χ0n) is 12.6. The lowest BCUT2D eigenvalue weighted by Crippen LogP contribution is -2.50. The maximum atomic E-state index is 11.8. The molecule has 5 nitrogen and oxygen atoms in total. The van der Waals surface area contributed by atoms with Gasteiger partial charge in [0.2, 0.25) is 0 Å². The van der Waals surface area contributed by atoms with Crippen LogP contribution in [0, 0.1) is 5.92 Å². The van der Waals surface area contributed by atoms with E-state index in [0.29, 0.717) is 5.92 Å². The van der Waals surface area contributed by atoms with E-state index in [1.165, 1.54) is 0 Å². The SMILES string of the molecule is CN1CC(CCCO)CC(NC(=O)OC(C)(C)C)C1. The van der Waals surface area contributed by atoms with E-state index in [4.69, 9.17) is 9.84 Å². The minimum absolute atomic E-state index is 0.136. The van der Waals surface area contributed by atoms with Crippen LogP contribution in [0.4, 0.5) is 4.79 Å². The van der Waals surface area contributed by atoms with E-state index in [0.717, 1.165) is 32.4 Å². The van der Waals surface area contributed by atoms with Crippen molar-refractivity contribution in [3.8, 4) is 0 Å². The monoisotopic (exact) mass is 272 g/mol. The van der Waals surface area contributed by atoms with Gasteiger partial charge >= 0.3 is 6.09 Å². The smallest absolute Gasteiger partial charge is 0.407 e. The van der Waals surface area contributed by atoms with Crippen LogP contribution in [0.1, 0.15) is 40.0 Å². The van der Waals surface area contributed by atoms with Crippen LogP contribution in [0.2, 0.25) is 0 Å². The van der Waals surface area contributed by atoms with Crippen molar-refractivity contribution in [2.45, 2.75) is 51.7 Å². The maximum Gasteiger partial charge on any atom is 0.407 e. The van der Waals surface area contributed by atoms with Gasteiger partial charge in [0.15, 0.2) is 0 Å². The van der Waals surface area contributed by atoms with Gasteiger partial charge in [-0.1, -0.05) is 0 Å². The Hall–Kier alpha value is -0.810. The lowest BCUT2D eigenvalue weighted by molar-refractivity contribution is 0.0456. The number of likely N-dealkylation sites (N-methyl/N-ethyl adjacent to an activating group) is 1. The van der Waals surface area contributed by atoms with E-state index in [1.807, 2.05) is 20.8 Å². The number of hydrogen-bond donors (Lipinski definition) is 2. The average molecular weight is 272 g/mol. The topological polar surface area (TPSA) is 61.8 Å². The number of rotatable bonds is 4. The fraction of sp³-hybridized carbons (Fsp3) is 0.929. The number of likely N-dealkylation sites (tertiary alicyclic amines) is 1. The van der Waals surface area contributed by atoms with Crippen LogP contribution in [0.3, 0.4) is 0 Å². The molecule has 2 unspecified atom stereocenters. The van der Waals surface area contributed by atoms with E-state index in [-0.39, 0.29) is 18.7 Å². The van der Waals surface area contributed by atoms with Crippen molar-refractivity contribution in [2.75, 3.05) is 26.7 Å². The normalized spacial score (nSPS) is 25.1. The van der Waals surface area contributed by atoms with Crippen LogP contribution < -0.4 is 5.32 Å². The summed E-state index contributed by atoms with van der Waals surface area (Å²) in [7, 11) is 2.06. The highest BCUT2D eigenvalue weighted by atomic mass is 16.6. The van der Waals surface area contributed by atoms with E-state index in [9.17, 15) is 4.79 Å². The zero-order chi connectivity index (χ0) is 14.5. The number of carbonyl (C=O) groups excluding carboxylic acids is 1. The molecule has 0 aliphatic carbocycles. The molecule has 2 N–H and O–H groups in total. The van der Waals surface area contributed by atoms with Crippen molar-refractivity contribution in [3.05, 3.63) is 0 Å². The minimum atomic E-state index is -0.457. The van der Waals surface area contributed by atoms with Crippen molar-refractivity contribution in [3.63, 3.8) is 0 Å². The molecule has 0 aromatic carbocycles. The molecule has 19 heavy (non-hydrogen) atoms. The fourth-order valence-electron chi connectivity index (χ4n) is 2.61. The Balaban J connectivity index is 2.42. The lowest BCUT2D eigenvalue weighted by atomic mass is 9.91. The fourth-order valence-corrected chi connectivity index (χ4v) is 2.61. The second kappa shape index (κ2) is 7.10. The summed E-state index contributed by atoms with van der Waals surface area (Å²) >= 11 is 0. The number of piperidine rings is 1. The second-order valence-electron chi connectivity index (χ2n) is 6.53. The summed E-state index contributed by atoms with van der Waals surface area (Å²) < 4.78 is 5.28. The maximum absolute atomic E-state index is 11.8. The number of nitrogens with zero attached hydrogens (tertiary/aromatic N) is 1. The van der Waals surface area contributed by atoms with Crippen LogP contribution in [-0.2, 0) is 4.74 Å². The summed E-state index contributed by atoms with van der Waals surface area (Å²) in [6.07, 6.45) is 2.46. The number of nitrogens with one attached hydrogen (secondary N) is 1. The first-order valence-electron chi connectivity index (χ1n) is 7.09. The van der Waals surface area contributed by atoms with Crippen molar-refractivity contribution in [1.29, 1.82) is 0 Å². The molecule has 1 fully saturated rings. The van der Waals surface area contributed by atoms with Crippen molar-refractivity contribution < 1.29 is 14.6 Å². The highest BCUT2D eigenvalue weighted by Gasteiger charge is 2.27. The molecule has 5 heteroatoms. The lowest BCUT2D eigenvalue weighted by Gasteiger charge is -2.36. The van der Waals surface area contributed by atoms with Crippen LogP contribution in [-0.4, -0.2) is 54.5 Å². The number of ether oxygens (including phenoxy) is 1. The van der Waals surface area contributed by atoms with Crippen LogP contribution >= 0.6 is 0 Å². The average Bonchev–Trinajstić information content (AvgIpc) is 2.22. The molecule has 1 amide bonds. The summed E-state index contributed by atoms with van der Waals surface area (Å²) in [4.78, 5) is 14.0. The first-order valence-corrected chi connectivity index (χ1v) is 7.09. The molecule has 112 valence electrons. The molecule has 0 saturated carbocycles. The second-order valence-corrected chi connectivity index (χ2v) is 6.53. The van der Waals surface area contributed by atoms with Crippen molar-refractivity contribution in [1.82, 2.24) is 10.2 Å². The van der Waals surface area contributed by atoms with E-state index in [1.54, 1.807) is 0 Å². The van der Waals surface area contributed by atoms with Gasteiger partial charge in [-0.25, -0.2) is 4.79 Å². The Morgan fingerprint density at radius 2 is 2.11 bits per heavy atom. The summed E-state index contributed by atoms with van der Waals surface area (Å²) in [6.45, 7) is 7.72. The molecule has 0 aromatic heterocycles. The zero-order valence-corrected chi connectivity index (χ0v) is 12.6. The van der Waals surface area contributed by atoms with Crippen molar-refractivity contribution in [2.24, 2.45) is 5.92 Å². The predicted molar refractivity (Wildman–Crippen MR) is 75.1 cm³/mol. The molecule has 1 saturated heterocycles. The van der Waals surface area contributed by atoms with Crippen molar-refractivity contribution >= 4 is 6.09 Å². The number of aliphatic hydroxyl groups is 1. The predicted octanol–water partition coefficient (Wildman–Crippen LogP) is 1.60. The van der Waals surface area contributed by atoms with Gasteiger partial charge in [0, 0.05) is 25.7 Å². The highest BCUT2D eigenvalue weighted by Crippen LogP contribution is 2.20. The van der Waals surface area contributed by atoms with Gasteiger partial charge in [-0.15, -0.1) is 0 Å². The standard InChI is InChI=1S/C14H28N2O3/c1-14(2,3)19-13(18)15-12-8-11(6-5-7-17)9-16(4)10-12/h11-12,17H,5-10H2,1-4H3,(H,15,18). The van der Waals surface area contributed by atoms with Crippen LogP contribution in [0.25, 0.3) is 0 Å². The van der Waals surface area contributed by atoms with Gasteiger partial charge in [0.25, 0.3) is 0 Å². The van der Waals surface area contributed by atoms with Gasteiger partial charge in [0.05, 0.1) is 0 Å². The van der Waals surface area contributed by atoms with Gasteiger partial charge in [-0.2, -0.15) is 0 Å². The molecule has 0 spiro atoms. The van der Waals surface area contributed by atoms with E-state index in [2.05, 4.69) is 17.3 Å². The van der Waals surface area contributed by atoms with E-state index < -0.39 is 5.60 Å². The molecular weight excluding hydrogens is 244 g/mol. The Bertz CT molecular complexity index is 289. The van der Waals surface area contributed by atoms with Crippen LogP contribution in [0.5, 0.6) is 0 Å². The highest BCUT2D eigenvalue weighted by molar-refractivity contribution is 5.68. The third-order valence-electron chi connectivity index (χ3n) is 3.21. The summed E-state index contributed by atoms with van der Waals surface area (Å²) in [5.41, 5.74) is -0.457. The molecule has 0 bridgehead atoms. The minimum Gasteiger partial charge on any atom is -0.444 e. The molecule has 0 aromatic rings. The van der Waals surface area contributed by atoms with E-state index >= 15 is 0 Å². The third kappa shape index (κ3) is 6.78. The Morgan fingerprint density at radius 3 is 2.68 bits per heavy atom. The van der Waals surface area contributed by atoms with Gasteiger partial charge in [-0.05, 0) is 53.0 Å². The number of aliphatic hydroxyl groups excluding tert-OH is 1. The molecule has 1 rings (SSSR count). The Labute approximate surface area is 116 Å². The first-order chi connectivity index (χ1) is 8.80. The molecule has 1 aliphatic rings. The molecular formula is C14H28N2O3. The number of amides is 1. The summed E-state index contributed by atoms with van der Waals surface area (Å²) in [5, 5.41) is 11.8. The number of alkyl carbamates (subject to hydrolysis) is 1. The Morgan fingerprint density at radius 1 is 1.42 bits per heavy atom. The Kier molecular flexibility index (Phi) is 6.07. The third-order valence-corrected chi connectivity index (χ3v) is 3.21. The van der Waals surface area contributed by atoms with Crippen LogP contribution in [0.15, 0.2) is 0 Å². The molecule has 2 atom stereocenters. The van der Waals surface area contributed by atoms with Gasteiger partial charge in [-0.3, -0.25) is 0 Å². The summed E-state index contributed by atoms with van der Waals surface area (Å²) in [5.74, 6) is 0.533. The van der Waals surface area contributed by atoms with Gasteiger partial charge < -0.3 is 20.1 Å². The number of carbonyl (C=O) groups is 1. The molecule has 1 aliphatic heterocycles.